The number of nitrogens with one attached hydrogen (secondary N) is 2. The van der Waals surface area contributed by atoms with E-state index in [2.05, 4.69) is 30.7 Å². The van der Waals surface area contributed by atoms with Crippen molar-refractivity contribution in [2.45, 2.75) is 6.92 Å². The number of pyridine rings is 1. The maximum atomic E-state index is 12.3. The molecule has 10 heteroatoms. The summed E-state index contributed by atoms with van der Waals surface area (Å²) in [5.74, 6) is 1.25. The van der Waals surface area contributed by atoms with Crippen molar-refractivity contribution >= 4 is 28.9 Å². The van der Waals surface area contributed by atoms with E-state index in [0.717, 1.165) is 22.3 Å². The fourth-order valence-electron chi connectivity index (χ4n) is 3.45. The molecule has 0 saturated heterocycles. The predicted octanol–water partition coefficient (Wildman–Crippen LogP) is 3.98. The minimum Gasteiger partial charge on any atom is -0.444 e. The van der Waals surface area contributed by atoms with Gasteiger partial charge in [-0.1, -0.05) is 12.1 Å². The standard InChI is InChI=1S/C22H18N8O2/c1-13-6-7-24-17(10-13)29-22(31)28-15-4-2-14(3-5-15)18-16(21-25-8-9-32-21)11-30-19(18)20(23)26-12-27-30/h2-12H,1H3,(H2,23,26,27)(H2,24,28,29,31). The summed E-state index contributed by atoms with van der Waals surface area (Å²) in [6.45, 7) is 1.93. The highest BCUT2D eigenvalue weighted by molar-refractivity contribution is 6.00. The van der Waals surface area contributed by atoms with Crippen LogP contribution in [0.3, 0.4) is 0 Å². The van der Waals surface area contributed by atoms with Gasteiger partial charge in [0, 0.05) is 23.6 Å². The molecule has 0 atom stereocenters. The van der Waals surface area contributed by atoms with Crippen molar-refractivity contribution in [3.63, 3.8) is 0 Å². The van der Waals surface area contributed by atoms with Gasteiger partial charge in [-0.05, 0) is 42.3 Å². The first-order valence-corrected chi connectivity index (χ1v) is 9.71. The van der Waals surface area contributed by atoms with Crippen molar-refractivity contribution in [3.8, 4) is 22.6 Å². The van der Waals surface area contributed by atoms with Crippen LogP contribution < -0.4 is 16.4 Å². The fourth-order valence-corrected chi connectivity index (χ4v) is 3.45. The van der Waals surface area contributed by atoms with Crippen molar-refractivity contribution in [3.05, 3.63) is 73.1 Å². The number of nitrogen functional groups attached to an aromatic ring is 1. The average Bonchev–Trinajstić information content (AvgIpc) is 3.43. The third-order valence-electron chi connectivity index (χ3n) is 4.85. The van der Waals surface area contributed by atoms with Crippen molar-refractivity contribution in [2.75, 3.05) is 16.4 Å². The molecule has 0 aliphatic heterocycles. The molecular weight excluding hydrogens is 408 g/mol. The van der Waals surface area contributed by atoms with Gasteiger partial charge in [0.2, 0.25) is 5.89 Å². The fraction of sp³-hybridized carbons (Fsp3) is 0.0455. The molecule has 0 fully saturated rings. The van der Waals surface area contributed by atoms with Crippen molar-refractivity contribution in [1.82, 2.24) is 24.6 Å². The lowest BCUT2D eigenvalue weighted by Gasteiger charge is -2.09. The number of amides is 2. The molecule has 0 aliphatic rings. The Morgan fingerprint density at radius 2 is 1.91 bits per heavy atom. The molecule has 0 spiro atoms. The number of hydrogen-bond acceptors (Lipinski definition) is 7. The van der Waals surface area contributed by atoms with E-state index < -0.39 is 0 Å². The Balaban J connectivity index is 1.45. The summed E-state index contributed by atoms with van der Waals surface area (Å²) in [7, 11) is 0. The van der Waals surface area contributed by atoms with Gasteiger partial charge in [0.15, 0.2) is 5.82 Å². The highest BCUT2D eigenvalue weighted by Gasteiger charge is 2.20. The average molecular weight is 426 g/mol. The zero-order valence-corrected chi connectivity index (χ0v) is 17.0. The third-order valence-corrected chi connectivity index (χ3v) is 4.85. The van der Waals surface area contributed by atoms with Crippen LogP contribution in [0.4, 0.5) is 22.1 Å². The molecule has 5 aromatic rings. The van der Waals surface area contributed by atoms with Crippen LogP contribution in [-0.2, 0) is 0 Å². The van der Waals surface area contributed by atoms with E-state index in [1.165, 1.54) is 12.6 Å². The van der Waals surface area contributed by atoms with Crippen LogP contribution in [0, 0.1) is 6.92 Å². The Labute approximate surface area is 182 Å². The zero-order chi connectivity index (χ0) is 22.1. The lowest BCUT2D eigenvalue weighted by Crippen LogP contribution is -2.20. The quantitative estimate of drug-likeness (QED) is 0.395. The second-order valence-corrected chi connectivity index (χ2v) is 7.07. The Bertz CT molecular complexity index is 1410. The van der Waals surface area contributed by atoms with Gasteiger partial charge in [-0.15, -0.1) is 0 Å². The number of fused-ring (bicyclic) bond motifs is 1. The topological polar surface area (TPSA) is 136 Å². The van der Waals surface area contributed by atoms with E-state index in [4.69, 9.17) is 10.2 Å². The van der Waals surface area contributed by atoms with Gasteiger partial charge in [0.05, 0.1) is 11.8 Å². The molecule has 4 N–H and O–H groups in total. The maximum Gasteiger partial charge on any atom is 0.324 e. The molecule has 0 aliphatic carbocycles. The summed E-state index contributed by atoms with van der Waals surface area (Å²) in [5, 5.41) is 9.76. The molecule has 4 aromatic heterocycles. The number of nitrogens with zero attached hydrogens (tertiary/aromatic N) is 5. The number of hydrogen-bond donors (Lipinski definition) is 3. The molecule has 0 unspecified atom stereocenters. The molecule has 0 saturated carbocycles. The van der Waals surface area contributed by atoms with Crippen LogP contribution in [0.5, 0.6) is 0 Å². The van der Waals surface area contributed by atoms with Crippen molar-refractivity contribution < 1.29 is 9.21 Å². The molecule has 158 valence electrons. The molecule has 32 heavy (non-hydrogen) atoms. The van der Waals surface area contributed by atoms with Crippen LogP contribution in [0.1, 0.15) is 5.56 Å². The molecule has 4 heterocycles. The number of urea groups is 1. The van der Waals surface area contributed by atoms with Crippen LogP contribution >= 0.6 is 0 Å². The second kappa shape index (κ2) is 7.84. The lowest BCUT2D eigenvalue weighted by atomic mass is 10.0. The second-order valence-electron chi connectivity index (χ2n) is 7.07. The van der Waals surface area contributed by atoms with E-state index in [1.807, 2.05) is 25.1 Å². The Kier molecular flexibility index (Phi) is 4.71. The van der Waals surface area contributed by atoms with Gasteiger partial charge >= 0.3 is 6.03 Å². The summed E-state index contributed by atoms with van der Waals surface area (Å²) in [6, 6.07) is 10.6. The van der Waals surface area contributed by atoms with Crippen LogP contribution in [0.15, 0.2) is 72.0 Å². The van der Waals surface area contributed by atoms with Gasteiger partial charge in [0.25, 0.3) is 0 Å². The Hall–Kier alpha value is -4.73. The first-order chi connectivity index (χ1) is 15.6. The van der Waals surface area contributed by atoms with E-state index >= 15 is 0 Å². The largest absolute Gasteiger partial charge is 0.444 e. The summed E-state index contributed by atoms with van der Waals surface area (Å²) in [6.07, 6.45) is 7.91. The van der Waals surface area contributed by atoms with Gasteiger partial charge in [0.1, 0.15) is 23.9 Å². The number of benzene rings is 1. The first kappa shape index (κ1) is 19.2. The number of aromatic nitrogens is 5. The smallest absolute Gasteiger partial charge is 0.324 e. The summed E-state index contributed by atoms with van der Waals surface area (Å²) >= 11 is 0. The van der Waals surface area contributed by atoms with E-state index in [1.54, 1.807) is 41.3 Å². The summed E-state index contributed by atoms with van der Waals surface area (Å²) in [5.41, 5.74) is 10.8. The minimum absolute atomic E-state index is 0.333. The SMILES string of the molecule is Cc1ccnc(NC(=O)Nc2ccc(-c3c(-c4ncco4)cn4ncnc(N)c34)cc2)c1. The van der Waals surface area contributed by atoms with Crippen LogP contribution in [0.25, 0.3) is 28.1 Å². The normalized spacial score (nSPS) is 10.9. The van der Waals surface area contributed by atoms with Crippen molar-refractivity contribution in [1.29, 1.82) is 0 Å². The minimum atomic E-state index is -0.386. The number of rotatable bonds is 4. The van der Waals surface area contributed by atoms with Crippen molar-refractivity contribution in [2.24, 2.45) is 0 Å². The number of carbonyl (C=O) groups is 1. The van der Waals surface area contributed by atoms with E-state index in [9.17, 15) is 4.79 Å². The van der Waals surface area contributed by atoms with Gasteiger partial charge in [-0.3, -0.25) is 5.32 Å². The number of aryl methyl sites for hydroxylation is 1. The maximum absolute atomic E-state index is 12.3. The molecular formula is C22H18N8O2. The third kappa shape index (κ3) is 3.60. The van der Waals surface area contributed by atoms with Crippen LogP contribution in [-0.4, -0.2) is 30.6 Å². The highest BCUT2D eigenvalue weighted by atomic mass is 16.3. The number of oxazole rings is 1. The van der Waals surface area contributed by atoms with Crippen LogP contribution in [0.2, 0.25) is 0 Å². The zero-order valence-electron chi connectivity index (χ0n) is 17.0. The summed E-state index contributed by atoms with van der Waals surface area (Å²) in [4.78, 5) is 24.8. The summed E-state index contributed by atoms with van der Waals surface area (Å²) < 4.78 is 7.15. The Morgan fingerprint density at radius 1 is 1.06 bits per heavy atom. The molecule has 5 rings (SSSR count). The lowest BCUT2D eigenvalue weighted by molar-refractivity contribution is 0.262. The molecule has 2 amide bonds. The molecule has 1 aromatic carbocycles. The Morgan fingerprint density at radius 3 is 2.66 bits per heavy atom. The monoisotopic (exact) mass is 426 g/mol. The van der Waals surface area contributed by atoms with Gasteiger partial charge in [-0.2, -0.15) is 5.10 Å². The predicted molar refractivity (Wildman–Crippen MR) is 120 cm³/mol. The number of anilines is 3. The van der Waals surface area contributed by atoms with Gasteiger partial charge in [-0.25, -0.2) is 24.3 Å². The first-order valence-electron chi connectivity index (χ1n) is 9.71. The van der Waals surface area contributed by atoms with E-state index in [0.29, 0.717) is 28.7 Å². The van der Waals surface area contributed by atoms with E-state index in [-0.39, 0.29) is 6.03 Å². The van der Waals surface area contributed by atoms with Gasteiger partial charge < -0.3 is 15.5 Å². The number of carbonyl (C=O) groups excluding carboxylic acids is 1. The molecule has 10 nitrogen and oxygen atoms in total. The molecule has 0 radical (unpaired) electrons. The molecule has 0 bridgehead atoms. The number of nitrogens with two attached hydrogens (primary N) is 1. The highest BCUT2D eigenvalue weighted by Crippen LogP contribution is 2.38.